The number of rotatable bonds is 4. The monoisotopic (exact) mass is 335 g/mol. The van der Waals surface area contributed by atoms with Crippen LogP contribution in [0.5, 0.6) is 0 Å². The summed E-state index contributed by atoms with van der Waals surface area (Å²) in [6.45, 7) is 1.77. The van der Waals surface area contributed by atoms with Crippen LogP contribution in [0.25, 0.3) is 0 Å². The third-order valence-corrected chi connectivity index (χ3v) is 5.82. The molecule has 1 atom stereocenters. The molecular weight excluding hydrogens is 326 g/mol. The van der Waals surface area contributed by atoms with E-state index in [1.165, 1.54) is 11.3 Å². The SMILES string of the molecule is CC(NS(=O)(=O)c1ccc(Br)s1)c1cn[nH]c1. The van der Waals surface area contributed by atoms with Gasteiger partial charge in [-0.3, -0.25) is 5.10 Å². The first-order valence-electron chi connectivity index (χ1n) is 4.75. The summed E-state index contributed by atoms with van der Waals surface area (Å²) in [5.74, 6) is 0. The molecule has 0 aliphatic rings. The van der Waals surface area contributed by atoms with Crippen molar-refractivity contribution in [1.29, 1.82) is 0 Å². The fraction of sp³-hybridized carbons (Fsp3) is 0.222. The minimum atomic E-state index is -3.47. The lowest BCUT2D eigenvalue weighted by Gasteiger charge is -2.11. The first-order valence-corrected chi connectivity index (χ1v) is 7.84. The predicted octanol–water partition coefficient (Wildman–Crippen LogP) is 2.27. The lowest BCUT2D eigenvalue weighted by Crippen LogP contribution is -2.25. The van der Waals surface area contributed by atoms with Gasteiger partial charge in [-0.2, -0.15) is 5.10 Å². The smallest absolute Gasteiger partial charge is 0.250 e. The Morgan fingerprint density at radius 3 is 2.82 bits per heavy atom. The van der Waals surface area contributed by atoms with Crippen molar-refractivity contribution in [2.75, 3.05) is 0 Å². The molecule has 1 unspecified atom stereocenters. The zero-order valence-electron chi connectivity index (χ0n) is 8.84. The molecule has 2 heterocycles. The van der Waals surface area contributed by atoms with Crippen molar-refractivity contribution in [1.82, 2.24) is 14.9 Å². The summed E-state index contributed by atoms with van der Waals surface area (Å²) in [5, 5.41) is 6.44. The van der Waals surface area contributed by atoms with Crippen LogP contribution in [0.15, 0.2) is 32.5 Å². The molecule has 17 heavy (non-hydrogen) atoms. The minimum absolute atomic E-state index is 0.291. The number of hydrogen-bond acceptors (Lipinski definition) is 4. The standard InChI is InChI=1S/C9H10BrN3O2S2/c1-6(7-4-11-12-5-7)13-17(14,15)9-3-2-8(10)16-9/h2-6,13H,1H3,(H,11,12). The largest absolute Gasteiger partial charge is 0.285 e. The average Bonchev–Trinajstić information content (AvgIpc) is 2.86. The van der Waals surface area contributed by atoms with Gasteiger partial charge in [0.05, 0.1) is 9.98 Å². The summed E-state index contributed by atoms with van der Waals surface area (Å²) in [7, 11) is -3.47. The van der Waals surface area contributed by atoms with Crippen LogP contribution in [0, 0.1) is 0 Å². The van der Waals surface area contributed by atoms with Gasteiger partial charge in [-0.15, -0.1) is 11.3 Å². The lowest BCUT2D eigenvalue weighted by molar-refractivity contribution is 0.569. The van der Waals surface area contributed by atoms with Gasteiger partial charge in [0.2, 0.25) is 0 Å². The van der Waals surface area contributed by atoms with Crippen molar-refractivity contribution >= 4 is 37.3 Å². The number of H-pyrrole nitrogens is 1. The van der Waals surface area contributed by atoms with Crippen LogP contribution in [0.2, 0.25) is 0 Å². The Kier molecular flexibility index (Phi) is 3.67. The van der Waals surface area contributed by atoms with E-state index in [-0.39, 0.29) is 6.04 Å². The molecule has 92 valence electrons. The summed E-state index contributed by atoms with van der Waals surface area (Å²) in [5.41, 5.74) is 0.796. The van der Waals surface area contributed by atoms with Gasteiger partial charge in [0.25, 0.3) is 10.0 Å². The molecule has 2 N–H and O–H groups in total. The van der Waals surface area contributed by atoms with Gasteiger partial charge < -0.3 is 0 Å². The van der Waals surface area contributed by atoms with Crippen molar-refractivity contribution in [2.24, 2.45) is 0 Å². The van der Waals surface area contributed by atoms with Gasteiger partial charge in [-0.25, -0.2) is 13.1 Å². The summed E-state index contributed by atoms with van der Waals surface area (Å²) in [4.78, 5) is 0. The van der Waals surface area contributed by atoms with Crippen molar-refractivity contribution in [3.63, 3.8) is 0 Å². The average molecular weight is 336 g/mol. The number of aromatic nitrogens is 2. The number of aromatic amines is 1. The van der Waals surface area contributed by atoms with Crippen LogP contribution in [-0.2, 0) is 10.0 Å². The third-order valence-electron chi connectivity index (χ3n) is 2.16. The number of hydrogen-bond donors (Lipinski definition) is 2. The Morgan fingerprint density at radius 2 is 2.29 bits per heavy atom. The molecule has 8 heteroatoms. The topological polar surface area (TPSA) is 74.8 Å². The van der Waals surface area contributed by atoms with E-state index in [1.807, 2.05) is 0 Å². The van der Waals surface area contributed by atoms with Crippen LogP contribution in [0.1, 0.15) is 18.5 Å². The van der Waals surface area contributed by atoms with E-state index in [0.717, 1.165) is 9.35 Å². The summed E-state index contributed by atoms with van der Waals surface area (Å²) < 4.78 is 27.7. The maximum absolute atomic E-state index is 12.0. The second kappa shape index (κ2) is 4.89. The second-order valence-corrected chi connectivity index (χ2v) is 7.84. The first-order chi connectivity index (χ1) is 7.99. The lowest BCUT2D eigenvalue weighted by atomic mass is 10.2. The van der Waals surface area contributed by atoms with Gasteiger partial charge in [0.1, 0.15) is 4.21 Å². The van der Waals surface area contributed by atoms with E-state index in [4.69, 9.17) is 0 Å². The molecule has 0 fully saturated rings. The zero-order valence-corrected chi connectivity index (χ0v) is 12.1. The van der Waals surface area contributed by atoms with Crippen LogP contribution in [0.4, 0.5) is 0 Å². The van der Waals surface area contributed by atoms with E-state index >= 15 is 0 Å². The molecule has 0 radical (unpaired) electrons. The number of halogens is 1. The molecule has 0 aliphatic heterocycles. The van der Waals surface area contributed by atoms with Gasteiger partial charge in [-0.05, 0) is 35.0 Å². The van der Waals surface area contributed by atoms with E-state index in [2.05, 4.69) is 30.8 Å². The van der Waals surface area contributed by atoms with Gasteiger partial charge >= 0.3 is 0 Å². The highest BCUT2D eigenvalue weighted by Gasteiger charge is 2.20. The normalized spacial score (nSPS) is 13.8. The predicted molar refractivity (Wildman–Crippen MR) is 69.3 cm³/mol. The summed E-state index contributed by atoms with van der Waals surface area (Å²) in [6.07, 6.45) is 3.26. The second-order valence-electron chi connectivity index (χ2n) is 3.43. The molecule has 0 aliphatic carbocycles. The Bertz CT molecular complexity index is 592. The molecule has 0 aromatic carbocycles. The van der Waals surface area contributed by atoms with E-state index in [9.17, 15) is 8.42 Å². The molecule has 2 aromatic rings. The molecule has 5 nitrogen and oxygen atoms in total. The molecule has 0 saturated heterocycles. The zero-order chi connectivity index (χ0) is 12.5. The third kappa shape index (κ3) is 2.95. The van der Waals surface area contributed by atoms with Crippen molar-refractivity contribution in [3.05, 3.63) is 33.9 Å². The Balaban J connectivity index is 2.18. The van der Waals surface area contributed by atoms with Crippen LogP contribution < -0.4 is 4.72 Å². The maximum atomic E-state index is 12.0. The maximum Gasteiger partial charge on any atom is 0.250 e. The Morgan fingerprint density at radius 1 is 1.53 bits per heavy atom. The number of sulfonamides is 1. The summed E-state index contributed by atoms with van der Waals surface area (Å²) in [6, 6.07) is 2.96. The molecule has 0 bridgehead atoms. The molecule has 2 rings (SSSR count). The van der Waals surface area contributed by atoms with Gasteiger partial charge in [0, 0.05) is 17.8 Å². The van der Waals surface area contributed by atoms with Crippen molar-refractivity contribution in [2.45, 2.75) is 17.2 Å². The van der Waals surface area contributed by atoms with E-state index < -0.39 is 10.0 Å². The van der Waals surface area contributed by atoms with E-state index in [0.29, 0.717) is 4.21 Å². The number of nitrogens with zero attached hydrogens (tertiary/aromatic N) is 1. The molecule has 0 saturated carbocycles. The minimum Gasteiger partial charge on any atom is -0.285 e. The molecular formula is C9H10BrN3O2S2. The molecule has 0 amide bonds. The van der Waals surface area contributed by atoms with Gasteiger partial charge in [0.15, 0.2) is 0 Å². The van der Waals surface area contributed by atoms with E-state index in [1.54, 1.807) is 31.5 Å². The fourth-order valence-electron chi connectivity index (χ4n) is 1.30. The van der Waals surface area contributed by atoms with Gasteiger partial charge in [-0.1, -0.05) is 0 Å². The molecule has 2 aromatic heterocycles. The Hall–Kier alpha value is -0.700. The Labute approximate surface area is 111 Å². The van der Waals surface area contributed by atoms with Crippen LogP contribution >= 0.6 is 27.3 Å². The first kappa shape index (κ1) is 12.7. The fourth-order valence-corrected chi connectivity index (χ4v) is 4.56. The quantitative estimate of drug-likeness (QED) is 0.899. The number of thiophene rings is 1. The van der Waals surface area contributed by atoms with Crippen LogP contribution in [-0.4, -0.2) is 18.6 Å². The highest BCUT2D eigenvalue weighted by molar-refractivity contribution is 9.11. The van der Waals surface area contributed by atoms with Crippen molar-refractivity contribution in [3.8, 4) is 0 Å². The van der Waals surface area contributed by atoms with Crippen LogP contribution in [0.3, 0.4) is 0 Å². The highest BCUT2D eigenvalue weighted by atomic mass is 79.9. The molecule has 0 spiro atoms. The summed E-state index contributed by atoms with van der Waals surface area (Å²) >= 11 is 4.42. The van der Waals surface area contributed by atoms with Crippen molar-refractivity contribution < 1.29 is 8.42 Å². The highest BCUT2D eigenvalue weighted by Crippen LogP contribution is 2.27. The number of nitrogens with one attached hydrogen (secondary N) is 2.